The van der Waals surface area contributed by atoms with Crippen LogP contribution < -0.4 is 4.72 Å². The van der Waals surface area contributed by atoms with Crippen molar-refractivity contribution in [2.24, 2.45) is 0 Å². The zero-order chi connectivity index (χ0) is 16.5. The number of sulfonamides is 1. The van der Waals surface area contributed by atoms with Gasteiger partial charge in [-0.05, 0) is 57.7 Å². The van der Waals surface area contributed by atoms with Crippen LogP contribution in [0.4, 0.5) is 0 Å². The fourth-order valence-electron chi connectivity index (χ4n) is 2.92. The van der Waals surface area contributed by atoms with Crippen molar-refractivity contribution in [3.05, 3.63) is 45.8 Å². The summed E-state index contributed by atoms with van der Waals surface area (Å²) in [6, 6.07) is 4.25. The van der Waals surface area contributed by atoms with Gasteiger partial charge in [0.25, 0.3) is 0 Å². The van der Waals surface area contributed by atoms with Gasteiger partial charge in [0.05, 0.1) is 11.4 Å². The number of hydrogen-bond donors (Lipinski definition) is 2. The largest absolute Gasteiger partial charge is 0.281 e. The molecule has 0 bridgehead atoms. The Morgan fingerprint density at radius 1 is 1.09 bits per heavy atom. The molecule has 0 unspecified atom stereocenters. The quantitative estimate of drug-likeness (QED) is 0.888. The lowest BCUT2D eigenvalue weighted by atomic mass is 9.97. The third-order valence-corrected chi connectivity index (χ3v) is 5.56. The SMILES string of the molecule is Cc1cc(C)c(CCNS(=O)(=O)c2c(C)n[nH]c2C)c(C)c1. The van der Waals surface area contributed by atoms with E-state index in [1.807, 2.05) is 0 Å². The minimum Gasteiger partial charge on any atom is -0.281 e. The molecule has 0 aliphatic carbocycles. The number of aryl methyl sites for hydroxylation is 5. The molecule has 0 spiro atoms. The van der Waals surface area contributed by atoms with Gasteiger partial charge in [-0.2, -0.15) is 5.10 Å². The molecule has 0 saturated heterocycles. The van der Waals surface area contributed by atoms with Crippen LogP contribution in [0.2, 0.25) is 0 Å². The lowest BCUT2D eigenvalue weighted by molar-refractivity contribution is 0.580. The maximum absolute atomic E-state index is 12.4. The molecule has 0 atom stereocenters. The van der Waals surface area contributed by atoms with Gasteiger partial charge in [-0.1, -0.05) is 17.7 Å². The smallest absolute Gasteiger partial charge is 0.244 e. The molecular weight excluding hydrogens is 298 g/mol. The van der Waals surface area contributed by atoms with E-state index in [2.05, 4.69) is 47.8 Å². The van der Waals surface area contributed by atoms with Crippen molar-refractivity contribution in [3.8, 4) is 0 Å². The highest BCUT2D eigenvalue weighted by atomic mass is 32.2. The molecular formula is C16H23N3O2S. The summed E-state index contributed by atoms with van der Waals surface area (Å²) in [5.74, 6) is 0. The predicted octanol–water partition coefficient (Wildman–Crippen LogP) is 2.47. The van der Waals surface area contributed by atoms with Gasteiger partial charge in [-0.25, -0.2) is 13.1 Å². The van der Waals surface area contributed by atoms with Crippen molar-refractivity contribution < 1.29 is 8.42 Å². The average molecular weight is 321 g/mol. The molecule has 0 saturated carbocycles. The van der Waals surface area contributed by atoms with Crippen LogP contribution in [0.1, 0.15) is 33.6 Å². The van der Waals surface area contributed by atoms with Crippen molar-refractivity contribution in [2.75, 3.05) is 6.54 Å². The van der Waals surface area contributed by atoms with Crippen molar-refractivity contribution in [1.29, 1.82) is 0 Å². The highest BCUT2D eigenvalue weighted by Gasteiger charge is 2.21. The number of benzene rings is 1. The minimum absolute atomic E-state index is 0.254. The summed E-state index contributed by atoms with van der Waals surface area (Å²) >= 11 is 0. The number of nitrogens with one attached hydrogen (secondary N) is 2. The van der Waals surface area contributed by atoms with Gasteiger partial charge in [-0.15, -0.1) is 0 Å². The molecule has 2 N–H and O–H groups in total. The Morgan fingerprint density at radius 3 is 2.18 bits per heavy atom. The van der Waals surface area contributed by atoms with E-state index in [0.717, 1.165) is 0 Å². The van der Waals surface area contributed by atoms with Crippen LogP contribution in [0.5, 0.6) is 0 Å². The van der Waals surface area contributed by atoms with Crippen LogP contribution >= 0.6 is 0 Å². The average Bonchev–Trinajstić information content (AvgIpc) is 2.72. The van der Waals surface area contributed by atoms with E-state index in [0.29, 0.717) is 24.4 Å². The molecule has 0 amide bonds. The Morgan fingerprint density at radius 2 is 1.68 bits per heavy atom. The number of aromatic nitrogens is 2. The highest BCUT2D eigenvalue weighted by Crippen LogP contribution is 2.18. The molecule has 0 radical (unpaired) electrons. The molecule has 1 aromatic carbocycles. The summed E-state index contributed by atoms with van der Waals surface area (Å²) in [5.41, 5.74) is 5.89. The van der Waals surface area contributed by atoms with Gasteiger partial charge in [0.15, 0.2) is 0 Å². The molecule has 22 heavy (non-hydrogen) atoms. The first kappa shape index (κ1) is 16.7. The summed E-state index contributed by atoms with van der Waals surface area (Å²) in [4.78, 5) is 0.254. The molecule has 120 valence electrons. The van der Waals surface area contributed by atoms with E-state index in [1.165, 1.54) is 22.3 Å². The van der Waals surface area contributed by atoms with E-state index in [4.69, 9.17) is 0 Å². The van der Waals surface area contributed by atoms with Crippen LogP contribution in [0.15, 0.2) is 17.0 Å². The van der Waals surface area contributed by atoms with Crippen LogP contribution in [0, 0.1) is 34.6 Å². The molecule has 0 aliphatic heterocycles. The molecule has 1 heterocycles. The van der Waals surface area contributed by atoms with Crippen molar-refractivity contribution in [2.45, 2.75) is 45.9 Å². The zero-order valence-electron chi connectivity index (χ0n) is 13.7. The Labute approximate surface area is 132 Å². The first-order valence-electron chi connectivity index (χ1n) is 7.30. The highest BCUT2D eigenvalue weighted by molar-refractivity contribution is 7.89. The molecule has 0 aliphatic rings. The maximum Gasteiger partial charge on any atom is 0.244 e. The lowest BCUT2D eigenvalue weighted by Crippen LogP contribution is -2.27. The van der Waals surface area contributed by atoms with Crippen LogP contribution in [-0.4, -0.2) is 25.2 Å². The number of aromatic amines is 1. The van der Waals surface area contributed by atoms with Crippen LogP contribution in [0.3, 0.4) is 0 Å². The number of nitrogens with zero attached hydrogens (tertiary/aromatic N) is 1. The summed E-state index contributed by atoms with van der Waals surface area (Å²) in [6.45, 7) is 9.96. The minimum atomic E-state index is -3.53. The lowest BCUT2D eigenvalue weighted by Gasteiger charge is -2.12. The molecule has 5 nitrogen and oxygen atoms in total. The topological polar surface area (TPSA) is 74.8 Å². The fraction of sp³-hybridized carbons (Fsp3) is 0.438. The monoisotopic (exact) mass is 321 g/mol. The van der Waals surface area contributed by atoms with E-state index in [1.54, 1.807) is 13.8 Å². The van der Waals surface area contributed by atoms with Gasteiger partial charge in [0.2, 0.25) is 10.0 Å². The van der Waals surface area contributed by atoms with E-state index >= 15 is 0 Å². The van der Waals surface area contributed by atoms with E-state index in [9.17, 15) is 8.42 Å². The Balaban J connectivity index is 2.12. The van der Waals surface area contributed by atoms with E-state index < -0.39 is 10.0 Å². The van der Waals surface area contributed by atoms with Crippen LogP contribution in [-0.2, 0) is 16.4 Å². The summed E-state index contributed by atoms with van der Waals surface area (Å²) in [7, 11) is -3.53. The first-order valence-corrected chi connectivity index (χ1v) is 8.78. The summed E-state index contributed by atoms with van der Waals surface area (Å²) < 4.78 is 27.4. The maximum atomic E-state index is 12.4. The normalized spacial score (nSPS) is 11.9. The van der Waals surface area contributed by atoms with Crippen molar-refractivity contribution in [1.82, 2.24) is 14.9 Å². The second-order valence-electron chi connectivity index (χ2n) is 5.79. The summed E-state index contributed by atoms with van der Waals surface area (Å²) in [6.07, 6.45) is 0.674. The Bertz CT molecular complexity index is 749. The van der Waals surface area contributed by atoms with Gasteiger partial charge in [0, 0.05) is 6.54 Å². The standard InChI is InChI=1S/C16H23N3O2S/c1-10-8-11(2)15(12(3)9-10)6-7-17-22(20,21)16-13(4)18-19-14(16)5/h8-9,17H,6-7H2,1-5H3,(H,18,19). The third kappa shape index (κ3) is 3.39. The second-order valence-corrected chi connectivity index (χ2v) is 7.49. The van der Waals surface area contributed by atoms with Crippen LogP contribution in [0.25, 0.3) is 0 Å². The van der Waals surface area contributed by atoms with Gasteiger partial charge >= 0.3 is 0 Å². The second kappa shape index (κ2) is 6.22. The molecule has 1 aromatic heterocycles. The molecule has 2 rings (SSSR count). The fourth-order valence-corrected chi connectivity index (χ4v) is 4.32. The molecule has 0 fully saturated rings. The zero-order valence-corrected chi connectivity index (χ0v) is 14.6. The molecule has 2 aromatic rings. The predicted molar refractivity (Wildman–Crippen MR) is 87.6 cm³/mol. The van der Waals surface area contributed by atoms with Crippen molar-refractivity contribution in [3.63, 3.8) is 0 Å². The Kier molecular flexibility index (Phi) is 4.72. The van der Waals surface area contributed by atoms with E-state index in [-0.39, 0.29) is 4.90 Å². The number of hydrogen-bond acceptors (Lipinski definition) is 3. The third-order valence-electron chi connectivity index (χ3n) is 3.84. The first-order chi connectivity index (χ1) is 10.2. The molecule has 6 heteroatoms. The van der Waals surface area contributed by atoms with Crippen molar-refractivity contribution >= 4 is 10.0 Å². The van der Waals surface area contributed by atoms with Gasteiger partial charge < -0.3 is 0 Å². The number of rotatable bonds is 5. The Hall–Kier alpha value is -1.66. The van der Waals surface area contributed by atoms with Gasteiger partial charge in [0.1, 0.15) is 4.90 Å². The van der Waals surface area contributed by atoms with Gasteiger partial charge in [-0.3, -0.25) is 5.10 Å². The summed E-state index contributed by atoms with van der Waals surface area (Å²) in [5, 5.41) is 6.65. The number of H-pyrrole nitrogens is 1.